The molecule has 0 radical (unpaired) electrons. The van der Waals surface area contributed by atoms with Crippen LogP contribution < -0.4 is 5.32 Å². The lowest BCUT2D eigenvalue weighted by molar-refractivity contribution is -0.119. The summed E-state index contributed by atoms with van der Waals surface area (Å²) in [5.41, 5.74) is 4.61. The Bertz CT molecular complexity index is 1480. The van der Waals surface area contributed by atoms with Crippen molar-refractivity contribution >= 4 is 39.8 Å². The van der Waals surface area contributed by atoms with Crippen molar-refractivity contribution in [1.82, 2.24) is 4.98 Å². The second-order valence-electron chi connectivity index (χ2n) is 7.99. The maximum atomic E-state index is 13.0. The maximum Gasteiger partial charge on any atom is 0.339 e. The number of thiophene rings is 1. The first-order valence-corrected chi connectivity index (χ1v) is 12.1. The molecular formula is C29H22N2O3S. The molecule has 3 aromatic carbocycles. The lowest BCUT2D eigenvalue weighted by Crippen LogP contribution is -2.21. The lowest BCUT2D eigenvalue weighted by atomic mass is 10.0. The molecule has 0 aliphatic carbocycles. The summed E-state index contributed by atoms with van der Waals surface area (Å²) < 4.78 is 5.43. The number of hydrogen-bond acceptors (Lipinski definition) is 5. The summed E-state index contributed by atoms with van der Waals surface area (Å²) in [4.78, 5) is 31.3. The van der Waals surface area contributed by atoms with E-state index in [-0.39, 0.29) is 6.61 Å². The molecule has 0 fully saturated rings. The van der Waals surface area contributed by atoms with Crippen LogP contribution in [0.4, 0.5) is 5.69 Å². The van der Waals surface area contributed by atoms with E-state index in [1.807, 2.05) is 96.4 Å². The first-order chi connectivity index (χ1) is 17.2. The zero-order chi connectivity index (χ0) is 24.0. The Kier molecular flexibility index (Phi) is 6.63. The zero-order valence-electron chi connectivity index (χ0n) is 18.8. The first kappa shape index (κ1) is 22.5. The summed E-state index contributed by atoms with van der Waals surface area (Å²) in [6.07, 6.45) is 0.686. The molecule has 0 aliphatic heterocycles. The topological polar surface area (TPSA) is 68.3 Å². The van der Waals surface area contributed by atoms with Gasteiger partial charge < -0.3 is 10.1 Å². The van der Waals surface area contributed by atoms with E-state index in [0.29, 0.717) is 34.3 Å². The molecule has 6 heteroatoms. The third-order valence-corrected chi connectivity index (χ3v) is 6.47. The Morgan fingerprint density at radius 1 is 0.857 bits per heavy atom. The van der Waals surface area contributed by atoms with Crippen LogP contribution in [-0.2, 0) is 16.0 Å². The molecule has 0 spiro atoms. The molecule has 2 heterocycles. The molecule has 1 amide bonds. The van der Waals surface area contributed by atoms with Crippen LogP contribution in [0, 0.1) is 0 Å². The van der Waals surface area contributed by atoms with Crippen LogP contribution in [0.3, 0.4) is 0 Å². The molecule has 5 rings (SSSR count). The molecule has 172 valence electrons. The number of pyridine rings is 1. The normalized spacial score (nSPS) is 10.7. The molecule has 0 bridgehead atoms. The maximum absolute atomic E-state index is 13.0. The van der Waals surface area contributed by atoms with Crippen molar-refractivity contribution in [3.8, 4) is 10.6 Å². The largest absolute Gasteiger partial charge is 0.452 e. The predicted molar refractivity (Wildman–Crippen MR) is 140 cm³/mol. The SMILES string of the molecule is O=C(COC(=O)c1cc(-c2cccs2)nc2ccccc12)Nc1ccccc1Cc1ccccc1. The van der Waals surface area contributed by atoms with Gasteiger partial charge in [0, 0.05) is 11.1 Å². The van der Waals surface area contributed by atoms with Crippen molar-refractivity contribution in [2.45, 2.75) is 6.42 Å². The molecule has 0 saturated heterocycles. The van der Waals surface area contributed by atoms with E-state index in [1.54, 1.807) is 17.4 Å². The molecule has 5 aromatic rings. The van der Waals surface area contributed by atoms with Crippen molar-refractivity contribution < 1.29 is 14.3 Å². The van der Waals surface area contributed by atoms with Gasteiger partial charge in [0.1, 0.15) is 0 Å². The number of carbonyl (C=O) groups is 2. The Morgan fingerprint density at radius 2 is 1.63 bits per heavy atom. The Morgan fingerprint density at radius 3 is 2.46 bits per heavy atom. The van der Waals surface area contributed by atoms with Gasteiger partial charge in [0.2, 0.25) is 0 Å². The van der Waals surface area contributed by atoms with E-state index in [2.05, 4.69) is 10.3 Å². The highest BCUT2D eigenvalue weighted by molar-refractivity contribution is 7.13. The van der Waals surface area contributed by atoms with Crippen LogP contribution in [0.5, 0.6) is 0 Å². The molecule has 0 saturated carbocycles. The number of para-hydroxylation sites is 2. The second kappa shape index (κ2) is 10.3. The van der Waals surface area contributed by atoms with Crippen molar-refractivity contribution in [3.63, 3.8) is 0 Å². The second-order valence-corrected chi connectivity index (χ2v) is 8.94. The average Bonchev–Trinajstić information content (AvgIpc) is 3.44. The Labute approximate surface area is 207 Å². The highest BCUT2D eigenvalue weighted by atomic mass is 32.1. The number of esters is 1. The fraction of sp³-hybridized carbons (Fsp3) is 0.0690. The fourth-order valence-corrected chi connectivity index (χ4v) is 4.59. The van der Waals surface area contributed by atoms with Gasteiger partial charge in [0.15, 0.2) is 6.61 Å². The summed E-state index contributed by atoms with van der Waals surface area (Å²) in [6.45, 7) is -0.385. The average molecular weight is 479 g/mol. The van der Waals surface area contributed by atoms with Gasteiger partial charge in [-0.25, -0.2) is 9.78 Å². The van der Waals surface area contributed by atoms with Gasteiger partial charge in [-0.1, -0.05) is 72.8 Å². The number of ether oxygens (including phenoxy) is 1. The van der Waals surface area contributed by atoms with Crippen molar-refractivity contribution in [2.24, 2.45) is 0 Å². The van der Waals surface area contributed by atoms with Gasteiger partial charge in [0.25, 0.3) is 5.91 Å². The molecule has 2 aromatic heterocycles. The number of nitrogens with one attached hydrogen (secondary N) is 1. The molecule has 0 atom stereocenters. The molecule has 5 nitrogen and oxygen atoms in total. The quantitative estimate of drug-likeness (QED) is 0.277. The smallest absolute Gasteiger partial charge is 0.339 e. The van der Waals surface area contributed by atoms with E-state index in [9.17, 15) is 9.59 Å². The highest BCUT2D eigenvalue weighted by Gasteiger charge is 2.17. The zero-order valence-corrected chi connectivity index (χ0v) is 19.6. The van der Waals surface area contributed by atoms with Crippen molar-refractivity contribution in [3.05, 3.63) is 119 Å². The van der Waals surface area contributed by atoms with Crippen molar-refractivity contribution in [1.29, 1.82) is 0 Å². The van der Waals surface area contributed by atoms with Gasteiger partial charge in [-0.05, 0) is 47.2 Å². The van der Waals surface area contributed by atoms with Gasteiger partial charge in [-0.3, -0.25) is 4.79 Å². The summed E-state index contributed by atoms with van der Waals surface area (Å²) in [5.74, 6) is -0.954. The van der Waals surface area contributed by atoms with E-state index in [0.717, 1.165) is 16.0 Å². The van der Waals surface area contributed by atoms with Gasteiger partial charge in [0.05, 0.1) is 21.7 Å². The monoisotopic (exact) mass is 478 g/mol. The minimum Gasteiger partial charge on any atom is -0.452 e. The third kappa shape index (κ3) is 5.28. The van der Waals surface area contributed by atoms with Crippen LogP contribution in [0.1, 0.15) is 21.5 Å². The van der Waals surface area contributed by atoms with E-state index >= 15 is 0 Å². The number of carbonyl (C=O) groups excluding carboxylic acids is 2. The summed E-state index contributed by atoms with van der Waals surface area (Å²) in [5, 5.41) is 5.53. The van der Waals surface area contributed by atoms with E-state index < -0.39 is 11.9 Å². The third-order valence-electron chi connectivity index (χ3n) is 5.57. The van der Waals surface area contributed by atoms with Crippen molar-refractivity contribution in [2.75, 3.05) is 11.9 Å². The minimum atomic E-state index is -0.561. The number of benzene rings is 3. The van der Waals surface area contributed by atoms with Crippen LogP contribution in [0.2, 0.25) is 0 Å². The Balaban J connectivity index is 1.30. The van der Waals surface area contributed by atoms with Gasteiger partial charge in [-0.15, -0.1) is 11.3 Å². The number of aromatic nitrogens is 1. The first-order valence-electron chi connectivity index (χ1n) is 11.2. The summed E-state index contributed by atoms with van der Waals surface area (Å²) in [7, 11) is 0. The lowest BCUT2D eigenvalue weighted by Gasteiger charge is -2.12. The number of fused-ring (bicyclic) bond motifs is 1. The highest BCUT2D eigenvalue weighted by Crippen LogP contribution is 2.28. The van der Waals surface area contributed by atoms with E-state index in [1.165, 1.54) is 0 Å². The van der Waals surface area contributed by atoms with Crippen LogP contribution in [0.15, 0.2) is 102 Å². The summed E-state index contributed by atoms with van der Waals surface area (Å²) in [6, 6.07) is 30.7. The Hall–Kier alpha value is -4.29. The fourth-order valence-electron chi connectivity index (χ4n) is 3.90. The standard InChI is InChI=1S/C29H22N2O3S/c32-28(31-24-13-6-4-11-21(24)17-20-9-2-1-3-10-20)19-34-29(33)23-18-26(27-15-8-16-35-27)30-25-14-7-5-12-22(23)25/h1-16,18H,17,19H2,(H,31,32). The molecular weight excluding hydrogens is 456 g/mol. The van der Waals surface area contributed by atoms with Crippen LogP contribution >= 0.6 is 11.3 Å². The minimum absolute atomic E-state index is 0.385. The number of nitrogens with zero attached hydrogens (tertiary/aromatic N) is 1. The molecule has 0 unspecified atom stereocenters. The number of hydrogen-bond donors (Lipinski definition) is 1. The summed E-state index contributed by atoms with van der Waals surface area (Å²) >= 11 is 1.55. The van der Waals surface area contributed by atoms with E-state index in [4.69, 9.17) is 4.74 Å². The molecule has 35 heavy (non-hydrogen) atoms. The molecule has 0 aliphatic rings. The van der Waals surface area contributed by atoms with Gasteiger partial charge in [-0.2, -0.15) is 0 Å². The number of amides is 1. The van der Waals surface area contributed by atoms with Crippen LogP contribution in [0.25, 0.3) is 21.5 Å². The predicted octanol–water partition coefficient (Wildman–Crippen LogP) is 6.35. The van der Waals surface area contributed by atoms with Gasteiger partial charge >= 0.3 is 5.97 Å². The number of rotatable bonds is 7. The number of anilines is 1. The molecule has 1 N–H and O–H groups in total. The van der Waals surface area contributed by atoms with Crippen LogP contribution in [-0.4, -0.2) is 23.5 Å².